The predicted molar refractivity (Wildman–Crippen MR) is 52.0 cm³/mol. The molecular formula is C10H18O4. The fraction of sp³-hybridized carbons (Fsp3) is 0.800. The molecule has 0 aromatic rings. The molecule has 2 atom stereocenters. The molecule has 0 aromatic carbocycles. The zero-order valence-corrected chi connectivity index (χ0v) is 8.86. The van der Waals surface area contributed by atoms with Gasteiger partial charge in [-0.2, -0.15) is 0 Å². The predicted octanol–water partition coefficient (Wildman–Crippen LogP) is 1.84. The molecule has 14 heavy (non-hydrogen) atoms. The van der Waals surface area contributed by atoms with Crippen LogP contribution in [0.5, 0.6) is 0 Å². The van der Waals surface area contributed by atoms with Gasteiger partial charge in [-0.05, 0) is 18.3 Å². The first kappa shape index (κ1) is 12.9. The van der Waals surface area contributed by atoms with Crippen molar-refractivity contribution in [3.8, 4) is 0 Å². The summed E-state index contributed by atoms with van der Waals surface area (Å²) in [6, 6.07) is 0. The molecule has 0 spiro atoms. The van der Waals surface area contributed by atoms with Crippen molar-refractivity contribution >= 4 is 11.9 Å². The number of aliphatic carboxylic acids is 2. The van der Waals surface area contributed by atoms with Crippen LogP contribution in [0.15, 0.2) is 0 Å². The van der Waals surface area contributed by atoms with E-state index in [9.17, 15) is 9.59 Å². The molecule has 0 bridgehead atoms. The average Bonchev–Trinajstić information content (AvgIpc) is 2.02. The third-order valence-corrected chi connectivity index (χ3v) is 2.54. The normalized spacial score (nSPS) is 15.1. The van der Waals surface area contributed by atoms with Gasteiger partial charge in [0.05, 0.1) is 5.92 Å². The number of hydrogen-bond acceptors (Lipinski definition) is 2. The van der Waals surface area contributed by atoms with Crippen molar-refractivity contribution in [2.75, 3.05) is 0 Å². The molecule has 0 saturated heterocycles. The van der Waals surface area contributed by atoms with Crippen LogP contribution in [0.3, 0.4) is 0 Å². The van der Waals surface area contributed by atoms with Crippen LogP contribution in [0.2, 0.25) is 0 Å². The van der Waals surface area contributed by atoms with Crippen LogP contribution in [0.4, 0.5) is 0 Å². The first-order valence-electron chi connectivity index (χ1n) is 4.84. The number of carboxylic acid groups (broad SMARTS) is 2. The average molecular weight is 202 g/mol. The molecule has 82 valence electrons. The van der Waals surface area contributed by atoms with E-state index in [0.717, 1.165) is 0 Å². The quantitative estimate of drug-likeness (QED) is 0.689. The Hall–Kier alpha value is -1.06. The van der Waals surface area contributed by atoms with Gasteiger partial charge in [-0.25, -0.2) is 0 Å². The zero-order valence-electron chi connectivity index (χ0n) is 8.86. The largest absolute Gasteiger partial charge is 0.481 e. The summed E-state index contributed by atoms with van der Waals surface area (Å²) in [5, 5.41) is 17.6. The van der Waals surface area contributed by atoms with Crippen molar-refractivity contribution in [1.82, 2.24) is 0 Å². The van der Waals surface area contributed by atoms with E-state index in [1.54, 1.807) is 6.92 Å². The smallest absolute Gasteiger partial charge is 0.306 e. The molecule has 0 heterocycles. The Labute approximate surface area is 83.9 Å². The van der Waals surface area contributed by atoms with Crippen LogP contribution in [0, 0.1) is 17.8 Å². The summed E-state index contributed by atoms with van der Waals surface area (Å²) in [7, 11) is 0. The lowest BCUT2D eigenvalue weighted by atomic mass is 9.79. The Morgan fingerprint density at radius 3 is 1.93 bits per heavy atom. The third kappa shape index (κ3) is 3.77. The van der Waals surface area contributed by atoms with E-state index in [2.05, 4.69) is 0 Å². The summed E-state index contributed by atoms with van der Waals surface area (Å²) in [6.07, 6.45) is 0.411. The topological polar surface area (TPSA) is 74.6 Å². The summed E-state index contributed by atoms with van der Waals surface area (Å²) in [6.45, 7) is 5.49. The Kier molecular flexibility index (Phi) is 5.20. The molecule has 0 aliphatic heterocycles. The number of rotatable bonds is 6. The second-order valence-corrected chi connectivity index (χ2v) is 3.86. The van der Waals surface area contributed by atoms with Crippen LogP contribution in [0.1, 0.15) is 33.6 Å². The lowest BCUT2D eigenvalue weighted by molar-refractivity contribution is -0.146. The van der Waals surface area contributed by atoms with Crippen LogP contribution in [0.25, 0.3) is 0 Å². The maximum absolute atomic E-state index is 10.9. The van der Waals surface area contributed by atoms with Crippen molar-refractivity contribution in [2.24, 2.45) is 17.8 Å². The molecule has 0 fully saturated rings. The minimum Gasteiger partial charge on any atom is -0.481 e. The third-order valence-electron chi connectivity index (χ3n) is 2.54. The molecule has 0 aliphatic carbocycles. The zero-order chi connectivity index (χ0) is 11.3. The Morgan fingerprint density at radius 2 is 1.71 bits per heavy atom. The van der Waals surface area contributed by atoms with Crippen molar-refractivity contribution < 1.29 is 19.8 Å². The molecule has 2 N–H and O–H groups in total. The molecule has 4 nitrogen and oxygen atoms in total. The van der Waals surface area contributed by atoms with Gasteiger partial charge in [-0.1, -0.05) is 20.8 Å². The minimum atomic E-state index is -0.927. The highest BCUT2D eigenvalue weighted by molar-refractivity contribution is 5.73. The van der Waals surface area contributed by atoms with Gasteiger partial charge in [0.15, 0.2) is 0 Å². The van der Waals surface area contributed by atoms with E-state index >= 15 is 0 Å². The molecule has 0 radical (unpaired) electrons. The van der Waals surface area contributed by atoms with Gasteiger partial charge in [0.1, 0.15) is 0 Å². The maximum Gasteiger partial charge on any atom is 0.306 e. The van der Waals surface area contributed by atoms with Crippen LogP contribution < -0.4 is 0 Å². The molecular weight excluding hydrogens is 184 g/mol. The van der Waals surface area contributed by atoms with E-state index in [1.165, 1.54) is 0 Å². The fourth-order valence-electron chi connectivity index (χ4n) is 1.70. The van der Waals surface area contributed by atoms with E-state index in [4.69, 9.17) is 10.2 Å². The lowest BCUT2D eigenvalue weighted by Crippen LogP contribution is -2.28. The monoisotopic (exact) mass is 202 g/mol. The molecule has 2 unspecified atom stereocenters. The molecule has 4 heteroatoms. The van der Waals surface area contributed by atoms with Crippen LogP contribution in [-0.4, -0.2) is 22.2 Å². The highest BCUT2D eigenvalue weighted by atomic mass is 16.4. The van der Waals surface area contributed by atoms with Gasteiger partial charge in [0, 0.05) is 6.42 Å². The SMILES string of the molecule is CCC(C(=O)O)C(CC(=O)O)C(C)C. The van der Waals surface area contributed by atoms with Crippen molar-refractivity contribution in [3.63, 3.8) is 0 Å². The van der Waals surface area contributed by atoms with Gasteiger partial charge in [0.2, 0.25) is 0 Å². The first-order chi connectivity index (χ1) is 6.40. The summed E-state index contributed by atoms with van der Waals surface area (Å²) < 4.78 is 0. The number of hydrogen-bond donors (Lipinski definition) is 2. The summed E-state index contributed by atoms with van der Waals surface area (Å²) >= 11 is 0. The van der Waals surface area contributed by atoms with E-state index in [-0.39, 0.29) is 18.3 Å². The second-order valence-electron chi connectivity index (χ2n) is 3.86. The highest BCUT2D eigenvalue weighted by Crippen LogP contribution is 2.27. The van der Waals surface area contributed by atoms with Crippen molar-refractivity contribution in [3.05, 3.63) is 0 Å². The Balaban J connectivity index is 4.60. The molecule has 0 saturated carbocycles. The summed E-state index contributed by atoms with van der Waals surface area (Å²) in [5.41, 5.74) is 0. The van der Waals surface area contributed by atoms with E-state index in [0.29, 0.717) is 6.42 Å². The summed E-state index contributed by atoms with van der Waals surface area (Å²) in [4.78, 5) is 21.4. The van der Waals surface area contributed by atoms with Crippen molar-refractivity contribution in [1.29, 1.82) is 0 Å². The van der Waals surface area contributed by atoms with Crippen LogP contribution >= 0.6 is 0 Å². The van der Waals surface area contributed by atoms with E-state index in [1.807, 2.05) is 13.8 Å². The summed E-state index contributed by atoms with van der Waals surface area (Å²) in [5.74, 6) is -2.58. The maximum atomic E-state index is 10.9. The van der Waals surface area contributed by atoms with Gasteiger partial charge in [-0.15, -0.1) is 0 Å². The first-order valence-corrected chi connectivity index (χ1v) is 4.84. The molecule has 0 rings (SSSR count). The van der Waals surface area contributed by atoms with Gasteiger partial charge < -0.3 is 10.2 Å². The Bertz CT molecular complexity index is 210. The van der Waals surface area contributed by atoms with Gasteiger partial charge in [-0.3, -0.25) is 9.59 Å². The minimum absolute atomic E-state index is 0.0670. The second kappa shape index (κ2) is 5.62. The number of carbonyl (C=O) groups is 2. The molecule has 0 aliphatic rings. The Morgan fingerprint density at radius 1 is 1.21 bits per heavy atom. The van der Waals surface area contributed by atoms with E-state index < -0.39 is 17.9 Å². The van der Waals surface area contributed by atoms with Crippen LogP contribution in [-0.2, 0) is 9.59 Å². The fourth-order valence-corrected chi connectivity index (χ4v) is 1.70. The van der Waals surface area contributed by atoms with Crippen molar-refractivity contribution in [2.45, 2.75) is 33.6 Å². The standard InChI is InChI=1S/C10H18O4/c1-4-7(10(13)14)8(6(2)3)5-9(11)12/h6-8H,4-5H2,1-3H3,(H,11,12)(H,13,14). The molecule has 0 aromatic heterocycles. The molecule has 0 amide bonds. The number of carboxylic acids is 2. The van der Waals surface area contributed by atoms with Gasteiger partial charge in [0.25, 0.3) is 0 Å². The highest BCUT2D eigenvalue weighted by Gasteiger charge is 2.30. The van der Waals surface area contributed by atoms with Gasteiger partial charge >= 0.3 is 11.9 Å². The lowest BCUT2D eigenvalue weighted by Gasteiger charge is -2.24.